The van der Waals surface area contributed by atoms with Crippen molar-refractivity contribution in [2.45, 2.75) is 18.9 Å². The van der Waals surface area contributed by atoms with Gasteiger partial charge in [-0.1, -0.05) is 72.8 Å². The first kappa shape index (κ1) is 18.5. The van der Waals surface area contributed by atoms with Crippen molar-refractivity contribution >= 4 is 16.9 Å². The zero-order valence-electron chi connectivity index (χ0n) is 16.1. The molecule has 3 aromatic rings. The summed E-state index contributed by atoms with van der Waals surface area (Å²) >= 11 is 0. The molecule has 1 heterocycles. The average molecular weight is 374 g/mol. The van der Waals surface area contributed by atoms with Crippen molar-refractivity contribution in [3.05, 3.63) is 83.9 Å². The largest absolute Gasteiger partial charge is 0.465 e. The molecular weight excluding hydrogens is 348 g/mol. The van der Waals surface area contributed by atoms with Crippen LogP contribution in [0.1, 0.15) is 30.0 Å². The van der Waals surface area contributed by atoms with Crippen LogP contribution in [0.15, 0.2) is 72.8 Å². The van der Waals surface area contributed by atoms with Gasteiger partial charge in [-0.15, -0.1) is 0 Å². The molecule has 2 N–H and O–H groups in total. The third kappa shape index (κ3) is 3.60. The Morgan fingerprint density at radius 3 is 2.54 bits per heavy atom. The van der Waals surface area contributed by atoms with E-state index in [1.54, 1.807) is 4.90 Å². The van der Waals surface area contributed by atoms with E-state index in [0.29, 0.717) is 12.5 Å². The van der Waals surface area contributed by atoms with Crippen molar-refractivity contribution in [1.82, 2.24) is 10.2 Å². The van der Waals surface area contributed by atoms with Crippen molar-refractivity contribution in [2.75, 3.05) is 19.6 Å². The Morgan fingerprint density at radius 2 is 1.75 bits per heavy atom. The molecule has 0 aromatic heterocycles. The predicted octanol–water partition coefficient (Wildman–Crippen LogP) is 4.88. The molecule has 0 aliphatic carbocycles. The number of carbonyl (C=O) groups is 1. The van der Waals surface area contributed by atoms with Crippen LogP contribution in [0.25, 0.3) is 10.8 Å². The summed E-state index contributed by atoms with van der Waals surface area (Å²) in [6.45, 7) is 4.25. The van der Waals surface area contributed by atoms with Crippen molar-refractivity contribution in [2.24, 2.45) is 5.92 Å². The predicted molar refractivity (Wildman–Crippen MR) is 113 cm³/mol. The highest BCUT2D eigenvalue weighted by molar-refractivity contribution is 5.86. The second kappa shape index (κ2) is 8.03. The molecule has 144 valence electrons. The fourth-order valence-electron chi connectivity index (χ4n) is 4.45. The van der Waals surface area contributed by atoms with Crippen molar-refractivity contribution in [3.63, 3.8) is 0 Å². The lowest BCUT2D eigenvalue weighted by Crippen LogP contribution is -2.38. The van der Waals surface area contributed by atoms with Crippen LogP contribution in [0.3, 0.4) is 0 Å². The summed E-state index contributed by atoms with van der Waals surface area (Å²) in [7, 11) is 0. The SMILES string of the molecule is C[C@H](c1cccc2ccccc12)N(C[C@H]1CNC[C@@H]1c1ccccc1)C(=O)O. The van der Waals surface area contributed by atoms with E-state index in [1.165, 1.54) is 5.56 Å². The fourth-order valence-corrected chi connectivity index (χ4v) is 4.45. The van der Waals surface area contributed by atoms with E-state index in [0.717, 1.165) is 29.4 Å². The standard InChI is InChI=1S/C24H26N2O2/c1-17(21-13-7-11-18-10-5-6-12-22(18)21)26(24(27)28)16-20-14-25-15-23(20)19-8-3-2-4-9-19/h2-13,17,20,23,25H,14-16H2,1H3,(H,27,28)/t17-,20-,23-/m1/s1. The van der Waals surface area contributed by atoms with Crippen molar-refractivity contribution in [1.29, 1.82) is 0 Å². The van der Waals surface area contributed by atoms with Crippen LogP contribution in [0.5, 0.6) is 0 Å². The summed E-state index contributed by atoms with van der Waals surface area (Å²) in [5, 5.41) is 15.7. The summed E-state index contributed by atoms with van der Waals surface area (Å²) in [5.74, 6) is 0.596. The minimum atomic E-state index is -0.862. The van der Waals surface area contributed by atoms with E-state index >= 15 is 0 Å². The van der Waals surface area contributed by atoms with Crippen molar-refractivity contribution in [3.8, 4) is 0 Å². The van der Waals surface area contributed by atoms with Gasteiger partial charge in [-0.3, -0.25) is 0 Å². The maximum Gasteiger partial charge on any atom is 0.407 e. The Bertz CT molecular complexity index is 952. The van der Waals surface area contributed by atoms with Gasteiger partial charge in [-0.25, -0.2) is 4.79 Å². The van der Waals surface area contributed by atoms with Crippen LogP contribution >= 0.6 is 0 Å². The maximum atomic E-state index is 12.2. The molecule has 4 heteroatoms. The van der Waals surface area contributed by atoms with Gasteiger partial charge < -0.3 is 15.3 Å². The molecular formula is C24H26N2O2. The lowest BCUT2D eigenvalue weighted by molar-refractivity contribution is 0.118. The second-order valence-corrected chi connectivity index (χ2v) is 7.61. The van der Waals surface area contributed by atoms with Gasteiger partial charge in [0.05, 0.1) is 6.04 Å². The maximum absolute atomic E-state index is 12.2. The number of hydrogen-bond acceptors (Lipinski definition) is 2. The Morgan fingerprint density at radius 1 is 1.04 bits per heavy atom. The van der Waals surface area contributed by atoms with E-state index in [2.05, 4.69) is 47.8 Å². The van der Waals surface area contributed by atoms with Gasteiger partial charge in [0, 0.05) is 25.6 Å². The number of fused-ring (bicyclic) bond motifs is 1. The van der Waals surface area contributed by atoms with E-state index in [4.69, 9.17) is 0 Å². The molecule has 1 fully saturated rings. The van der Waals surface area contributed by atoms with Crippen LogP contribution in [-0.4, -0.2) is 35.7 Å². The topological polar surface area (TPSA) is 52.6 Å². The molecule has 0 saturated carbocycles. The molecule has 0 unspecified atom stereocenters. The number of rotatable bonds is 5. The van der Waals surface area contributed by atoms with Gasteiger partial charge in [0.1, 0.15) is 0 Å². The molecule has 0 bridgehead atoms. The second-order valence-electron chi connectivity index (χ2n) is 7.61. The lowest BCUT2D eigenvalue weighted by atomic mass is 9.88. The van der Waals surface area contributed by atoms with Crippen LogP contribution < -0.4 is 5.32 Å². The zero-order chi connectivity index (χ0) is 19.5. The molecule has 1 saturated heterocycles. The number of amides is 1. The molecule has 0 spiro atoms. The minimum Gasteiger partial charge on any atom is -0.465 e. The van der Waals surface area contributed by atoms with Gasteiger partial charge in [0.15, 0.2) is 0 Å². The summed E-state index contributed by atoms with van der Waals surface area (Å²) in [6.07, 6.45) is -0.862. The van der Waals surface area contributed by atoms with Crippen LogP contribution in [0, 0.1) is 5.92 Å². The first-order valence-electron chi connectivity index (χ1n) is 9.88. The molecule has 1 aliphatic heterocycles. The number of nitrogens with zero attached hydrogens (tertiary/aromatic N) is 1. The molecule has 28 heavy (non-hydrogen) atoms. The number of nitrogens with one attached hydrogen (secondary N) is 1. The van der Waals surface area contributed by atoms with E-state index in [9.17, 15) is 9.90 Å². The fraction of sp³-hybridized carbons (Fsp3) is 0.292. The average Bonchev–Trinajstić information content (AvgIpc) is 3.20. The number of carboxylic acid groups (broad SMARTS) is 1. The number of hydrogen-bond donors (Lipinski definition) is 2. The first-order valence-corrected chi connectivity index (χ1v) is 9.88. The molecule has 4 rings (SSSR count). The quantitative estimate of drug-likeness (QED) is 0.669. The highest BCUT2D eigenvalue weighted by Gasteiger charge is 2.33. The third-order valence-electron chi connectivity index (χ3n) is 5.99. The summed E-state index contributed by atoms with van der Waals surface area (Å²) in [4.78, 5) is 13.8. The highest BCUT2D eigenvalue weighted by atomic mass is 16.4. The molecule has 3 atom stereocenters. The number of benzene rings is 3. The van der Waals surface area contributed by atoms with Gasteiger partial charge in [-0.2, -0.15) is 0 Å². The molecule has 0 radical (unpaired) electrons. The smallest absolute Gasteiger partial charge is 0.407 e. The zero-order valence-corrected chi connectivity index (χ0v) is 16.1. The monoisotopic (exact) mass is 374 g/mol. The van der Waals surface area contributed by atoms with Crippen LogP contribution in [0.4, 0.5) is 4.79 Å². The Kier molecular flexibility index (Phi) is 5.31. The van der Waals surface area contributed by atoms with Crippen molar-refractivity contribution < 1.29 is 9.90 Å². The van der Waals surface area contributed by atoms with E-state index in [-0.39, 0.29) is 12.0 Å². The Balaban J connectivity index is 1.61. The van der Waals surface area contributed by atoms with E-state index < -0.39 is 6.09 Å². The first-order chi connectivity index (χ1) is 13.6. The van der Waals surface area contributed by atoms with Gasteiger partial charge in [0.25, 0.3) is 0 Å². The lowest BCUT2D eigenvalue weighted by Gasteiger charge is -2.32. The van der Waals surface area contributed by atoms with Gasteiger partial charge in [-0.05, 0) is 34.7 Å². The van der Waals surface area contributed by atoms with Crippen LogP contribution in [-0.2, 0) is 0 Å². The summed E-state index contributed by atoms with van der Waals surface area (Å²) in [5.41, 5.74) is 2.34. The van der Waals surface area contributed by atoms with E-state index in [1.807, 2.05) is 37.3 Å². The molecule has 1 amide bonds. The molecule has 3 aromatic carbocycles. The van der Waals surface area contributed by atoms with Gasteiger partial charge >= 0.3 is 6.09 Å². The normalized spacial score (nSPS) is 20.2. The molecule has 4 nitrogen and oxygen atoms in total. The Hall–Kier alpha value is -2.85. The minimum absolute atomic E-state index is 0.208. The van der Waals surface area contributed by atoms with Gasteiger partial charge in [0.2, 0.25) is 0 Å². The Labute approximate surface area is 165 Å². The third-order valence-corrected chi connectivity index (χ3v) is 5.99. The summed E-state index contributed by atoms with van der Waals surface area (Å²) < 4.78 is 0. The highest BCUT2D eigenvalue weighted by Crippen LogP contribution is 2.33. The summed E-state index contributed by atoms with van der Waals surface area (Å²) in [6, 6.07) is 24.5. The molecule has 1 aliphatic rings. The van der Waals surface area contributed by atoms with Crippen LogP contribution in [0.2, 0.25) is 0 Å².